The molecule has 0 aliphatic rings. The summed E-state index contributed by atoms with van der Waals surface area (Å²) in [4.78, 5) is 26.3. The number of aromatic nitrogens is 1. The van der Waals surface area contributed by atoms with Gasteiger partial charge in [-0.2, -0.15) is 0 Å². The van der Waals surface area contributed by atoms with Crippen LogP contribution in [-0.4, -0.2) is 16.2 Å². The average Bonchev–Trinajstić information content (AvgIpc) is 2.56. The van der Waals surface area contributed by atoms with Crippen LogP contribution in [0.25, 0.3) is 10.9 Å². The van der Waals surface area contributed by atoms with Crippen LogP contribution >= 0.6 is 15.9 Å². The summed E-state index contributed by atoms with van der Waals surface area (Å²) in [6.45, 7) is 1.68. The number of halogens is 1. The van der Waals surface area contributed by atoms with Crippen LogP contribution in [0.15, 0.2) is 47.1 Å². The van der Waals surface area contributed by atoms with E-state index < -0.39 is 4.92 Å². The summed E-state index contributed by atoms with van der Waals surface area (Å²) in [5, 5.41) is 15.0. The molecule has 0 aliphatic heterocycles. The molecule has 0 saturated carbocycles. The van der Waals surface area contributed by atoms with E-state index in [1.165, 1.54) is 12.3 Å². The highest BCUT2D eigenvalue weighted by Gasteiger charge is 2.14. The summed E-state index contributed by atoms with van der Waals surface area (Å²) in [5.41, 5.74) is 2.78. The number of pyridine rings is 1. The summed E-state index contributed by atoms with van der Waals surface area (Å²) >= 11 is 3.41. The van der Waals surface area contributed by atoms with Gasteiger partial charge in [0.05, 0.1) is 21.7 Å². The second-order valence-corrected chi connectivity index (χ2v) is 6.17. The standard InChI is InChI=1S/C17H12BrN3O3/c1-10-2-4-13(7-16(10)21(23)24)20-17-11(9-22)8-19-15-5-3-12(18)6-14(15)17/h2-9H,1H3,(H,19,20). The summed E-state index contributed by atoms with van der Waals surface area (Å²) in [6, 6.07) is 10.4. The van der Waals surface area contributed by atoms with Crippen LogP contribution in [-0.2, 0) is 0 Å². The third-order valence-electron chi connectivity index (χ3n) is 3.66. The summed E-state index contributed by atoms with van der Waals surface area (Å²) in [5.74, 6) is 0. The van der Waals surface area contributed by atoms with Gasteiger partial charge in [0, 0.05) is 33.4 Å². The van der Waals surface area contributed by atoms with Gasteiger partial charge in [0.15, 0.2) is 6.29 Å². The van der Waals surface area contributed by atoms with E-state index in [9.17, 15) is 14.9 Å². The molecule has 0 bridgehead atoms. The van der Waals surface area contributed by atoms with E-state index in [4.69, 9.17) is 0 Å². The van der Waals surface area contributed by atoms with Crippen molar-refractivity contribution in [2.24, 2.45) is 0 Å². The molecular formula is C17H12BrN3O3. The zero-order chi connectivity index (χ0) is 17.3. The zero-order valence-corrected chi connectivity index (χ0v) is 14.2. The number of hydrogen-bond acceptors (Lipinski definition) is 5. The third kappa shape index (κ3) is 2.98. The summed E-state index contributed by atoms with van der Waals surface area (Å²) in [6.07, 6.45) is 2.19. The van der Waals surface area contributed by atoms with Crippen molar-refractivity contribution in [3.63, 3.8) is 0 Å². The van der Waals surface area contributed by atoms with E-state index in [0.717, 1.165) is 9.86 Å². The Hall–Kier alpha value is -2.80. The van der Waals surface area contributed by atoms with Crippen LogP contribution < -0.4 is 5.32 Å². The number of nitrogens with zero attached hydrogens (tertiary/aromatic N) is 2. The topological polar surface area (TPSA) is 85.1 Å². The molecule has 0 amide bonds. The van der Waals surface area contributed by atoms with Crippen molar-refractivity contribution in [1.82, 2.24) is 4.98 Å². The van der Waals surface area contributed by atoms with Crippen LogP contribution in [0.2, 0.25) is 0 Å². The number of aldehydes is 1. The molecule has 0 spiro atoms. The molecule has 0 aliphatic carbocycles. The van der Waals surface area contributed by atoms with Crippen molar-refractivity contribution < 1.29 is 9.72 Å². The Morgan fingerprint density at radius 2 is 2.04 bits per heavy atom. The number of anilines is 2. The van der Waals surface area contributed by atoms with Gasteiger partial charge >= 0.3 is 0 Å². The molecule has 24 heavy (non-hydrogen) atoms. The van der Waals surface area contributed by atoms with E-state index in [-0.39, 0.29) is 5.69 Å². The van der Waals surface area contributed by atoms with Crippen LogP contribution in [0.5, 0.6) is 0 Å². The van der Waals surface area contributed by atoms with Gasteiger partial charge in [0.1, 0.15) is 0 Å². The zero-order valence-electron chi connectivity index (χ0n) is 12.6. The van der Waals surface area contributed by atoms with Gasteiger partial charge < -0.3 is 5.32 Å². The smallest absolute Gasteiger partial charge is 0.274 e. The second kappa shape index (κ2) is 6.37. The minimum atomic E-state index is -0.428. The normalized spacial score (nSPS) is 10.6. The quantitative estimate of drug-likeness (QED) is 0.397. The molecule has 1 N–H and O–H groups in total. The SMILES string of the molecule is Cc1ccc(Nc2c(C=O)cnc3ccc(Br)cc23)cc1[N+](=O)[O-]. The Kier molecular flexibility index (Phi) is 4.26. The monoisotopic (exact) mass is 385 g/mol. The maximum atomic E-state index is 11.4. The first-order valence-electron chi connectivity index (χ1n) is 7.05. The van der Waals surface area contributed by atoms with E-state index >= 15 is 0 Å². The van der Waals surface area contributed by atoms with E-state index in [0.29, 0.717) is 34.3 Å². The fourth-order valence-corrected chi connectivity index (χ4v) is 2.80. The summed E-state index contributed by atoms with van der Waals surface area (Å²) < 4.78 is 0.845. The molecule has 0 atom stereocenters. The molecule has 2 aromatic carbocycles. The van der Waals surface area contributed by atoms with E-state index in [1.807, 2.05) is 18.2 Å². The maximum Gasteiger partial charge on any atom is 0.274 e. The fourth-order valence-electron chi connectivity index (χ4n) is 2.44. The second-order valence-electron chi connectivity index (χ2n) is 5.25. The number of carbonyl (C=O) groups excluding carboxylic acids is 1. The van der Waals surface area contributed by atoms with Crippen molar-refractivity contribution in [2.45, 2.75) is 6.92 Å². The third-order valence-corrected chi connectivity index (χ3v) is 4.15. The van der Waals surface area contributed by atoms with Gasteiger partial charge in [0.25, 0.3) is 5.69 Å². The van der Waals surface area contributed by atoms with Gasteiger partial charge in [-0.25, -0.2) is 0 Å². The number of aryl methyl sites for hydroxylation is 1. The lowest BCUT2D eigenvalue weighted by Gasteiger charge is -2.12. The van der Waals surface area contributed by atoms with Gasteiger partial charge in [-0.1, -0.05) is 22.0 Å². The van der Waals surface area contributed by atoms with Crippen LogP contribution in [0, 0.1) is 17.0 Å². The number of nitro groups is 1. The number of rotatable bonds is 4. The van der Waals surface area contributed by atoms with Gasteiger partial charge in [-0.15, -0.1) is 0 Å². The predicted molar refractivity (Wildman–Crippen MR) is 95.9 cm³/mol. The molecule has 0 radical (unpaired) electrons. The van der Waals surface area contributed by atoms with Gasteiger partial charge in [0.2, 0.25) is 0 Å². The molecule has 0 fully saturated rings. The van der Waals surface area contributed by atoms with E-state index in [1.54, 1.807) is 19.1 Å². The Balaban J connectivity index is 2.16. The van der Waals surface area contributed by atoms with Gasteiger partial charge in [-0.05, 0) is 31.2 Å². The molecule has 0 saturated heterocycles. The number of benzene rings is 2. The average molecular weight is 386 g/mol. The molecular weight excluding hydrogens is 374 g/mol. The molecule has 120 valence electrons. The predicted octanol–water partition coefficient (Wildman–Crippen LogP) is 4.77. The molecule has 1 aromatic heterocycles. The largest absolute Gasteiger partial charge is 0.354 e. The molecule has 3 rings (SSSR count). The van der Waals surface area contributed by atoms with Crippen molar-refractivity contribution in [1.29, 1.82) is 0 Å². The minimum Gasteiger partial charge on any atom is -0.354 e. The van der Waals surface area contributed by atoms with Gasteiger partial charge in [-0.3, -0.25) is 19.9 Å². The lowest BCUT2D eigenvalue weighted by atomic mass is 10.1. The number of carbonyl (C=O) groups is 1. The highest BCUT2D eigenvalue weighted by Crippen LogP contribution is 2.32. The Morgan fingerprint density at radius 3 is 2.75 bits per heavy atom. The first-order valence-corrected chi connectivity index (χ1v) is 7.84. The van der Waals surface area contributed by atoms with E-state index in [2.05, 4.69) is 26.2 Å². The van der Waals surface area contributed by atoms with Crippen molar-refractivity contribution in [3.8, 4) is 0 Å². The Morgan fingerprint density at radius 1 is 1.25 bits per heavy atom. The maximum absolute atomic E-state index is 11.4. The van der Waals surface area contributed by atoms with Crippen molar-refractivity contribution in [3.05, 3.63) is 68.3 Å². The minimum absolute atomic E-state index is 0.0206. The Bertz CT molecular complexity index is 973. The Labute approximate surface area is 145 Å². The number of hydrogen-bond donors (Lipinski definition) is 1. The highest BCUT2D eigenvalue weighted by molar-refractivity contribution is 9.10. The number of nitrogens with one attached hydrogen (secondary N) is 1. The number of fused-ring (bicyclic) bond motifs is 1. The first kappa shape index (κ1) is 16.1. The highest BCUT2D eigenvalue weighted by atomic mass is 79.9. The lowest BCUT2D eigenvalue weighted by Crippen LogP contribution is -2.00. The molecule has 3 aromatic rings. The molecule has 6 nitrogen and oxygen atoms in total. The van der Waals surface area contributed by atoms with Crippen molar-refractivity contribution in [2.75, 3.05) is 5.32 Å². The molecule has 7 heteroatoms. The fraction of sp³-hybridized carbons (Fsp3) is 0.0588. The van der Waals surface area contributed by atoms with Crippen molar-refractivity contribution >= 4 is 50.2 Å². The molecule has 1 heterocycles. The lowest BCUT2D eigenvalue weighted by molar-refractivity contribution is -0.385. The summed E-state index contributed by atoms with van der Waals surface area (Å²) in [7, 11) is 0. The number of nitro benzene ring substituents is 1. The van der Waals surface area contributed by atoms with Crippen LogP contribution in [0.3, 0.4) is 0 Å². The van der Waals surface area contributed by atoms with Crippen LogP contribution in [0.4, 0.5) is 17.1 Å². The molecule has 0 unspecified atom stereocenters. The van der Waals surface area contributed by atoms with Crippen LogP contribution in [0.1, 0.15) is 15.9 Å². The first-order chi connectivity index (χ1) is 11.5.